The maximum absolute atomic E-state index is 12.5. The molecule has 2 rings (SSSR count). The fourth-order valence-electron chi connectivity index (χ4n) is 3.61. The minimum Gasteiger partial charge on any atom is -0.336 e. The first kappa shape index (κ1) is 17.7. The molecule has 20 heavy (non-hydrogen) atoms. The Kier molecular flexibility index (Phi) is 6.29. The highest BCUT2D eigenvalue weighted by Gasteiger charge is 2.35. The first-order chi connectivity index (χ1) is 8.95. The van der Waals surface area contributed by atoms with Crippen LogP contribution in [0.1, 0.15) is 46.5 Å². The minimum atomic E-state index is 0. The van der Waals surface area contributed by atoms with Crippen molar-refractivity contribution in [3.05, 3.63) is 0 Å². The maximum Gasteiger partial charge on any atom is 0.237 e. The number of carbonyl (C=O) groups is 1. The van der Waals surface area contributed by atoms with Crippen LogP contribution in [0.5, 0.6) is 0 Å². The van der Waals surface area contributed by atoms with Crippen LogP contribution in [0, 0.1) is 5.41 Å². The zero-order chi connectivity index (χ0) is 14.0. The van der Waals surface area contributed by atoms with Crippen molar-refractivity contribution in [1.29, 1.82) is 0 Å². The van der Waals surface area contributed by atoms with Gasteiger partial charge in [-0.2, -0.15) is 0 Å². The van der Waals surface area contributed by atoms with Crippen molar-refractivity contribution >= 4 is 18.3 Å². The molecule has 1 amide bonds. The van der Waals surface area contributed by atoms with Crippen LogP contribution >= 0.6 is 12.4 Å². The van der Waals surface area contributed by atoms with Gasteiger partial charge in [-0.15, -0.1) is 12.4 Å². The van der Waals surface area contributed by atoms with E-state index in [0.717, 1.165) is 32.4 Å². The van der Waals surface area contributed by atoms with Crippen molar-refractivity contribution in [2.75, 3.05) is 26.2 Å². The predicted molar refractivity (Wildman–Crippen MR) is 85.1 cm³/mol. The average molecular weight is 304 g/mol. The van der Waals surface area contributed by atoms with Crippen LogP contribution < -0.4 is 5.73 Å². The number of halogens is 1. The zero-order valence-electron chi connectivity index (χ0n) is 13.1. The zero-order valence-corrected chi connectivity index (χ0v) is 13.9. The van der Waals surface area contributed by atoms with Crippen LogP contribution in [0.15, 0.2) is 0 Å². The second-order valence-corrected chi connectivity index (χ2v) is 6.91. The predicted octanol–water partition coefficient (Wildman–Crippen LogP) is 1.87. The Morgan fingerprint density at radius 3 is 2.40 bits per heavy atom. The summed E-state index contributed by atoms with van der Waals surface area (Å²) in [5.41, 5.74) is 6.03. The molecule has 2 saturated heterocycles. The lowest BCUT2D eigenvalue weighted by Crippen LogP contribution is -2.51. The Bertz CT molecular complexity index is 329. The van der Waals surface area contributed by atoms with Gasteiger partial charge >= 0.3 is 0 Å². The summed E-state index contributed by atoms with van der Waals surface area (Å²) in [6.07, 6.45) is 4.66. The molecule has 2 heterocycles. The summed E-state index contributed by atoms with van der Waals surface area (Å²) in [4.78, 5) is 16.9. The van der Waals surface area contributed by atoms with Crippen LogP contribution in [0.2, 0.25) is 0 Å². The SMILES string of the molecule is CC1CCCC(C)N1C(=O)CN1CCC(C)(CN)C1.Cl. The van der Waals surface area contributed by atoms with Crippen LogP contribution in [0.25, 0.3) is 0 Å². The molecule has 2 aliphatic rings. The summed E-state index contributed by atoms with van der Waals surface area (Å²) in [5.74, 6) is 0.306. The van der Waals surface area contributed by atoms with Crippen LogP contribution in [0.3, 0.4) is 0 Å². The minimum absolute atomic E-state index is 0. The summed E-state index contributed by atoms with van der Waals surface area (Å²) >= 11 is 0. The molecule has 0 aromatic rings. The van der Waals surface area contributed by atoms with E-state index in [9.17, 15) is 4.79 Å². The number of piperidine rings is 1. The molecule has 5 heteroatoms. The van der Waals surface area contributed by atoms with Crippen molar-refractivity contribution in [2.45, 2.75) is 58.5 Å². The third-order valence-corrected chi connectivity index (χ3v) is 4.97. The lowest BCUT2D eigenvalue weighted by atomic mass is 9.90. The largest absolute Gasteiger partial charge is 0.336 e. The maximum atomic E-state index is 12.5. The van der Waals surface area contributed by atoms with Gasteiger partial charge in [0.2, 0.25) is 5.91 Å². The summed E-state index contributed by atoms with van der Waals surface area (Å²) in [6, 6.07) is 0.805. The first-order valence-corrected chi connectivity index (χ1v) is 7.69. The van der Waals surface area contributed by atoms with E-state index in [-0.39, 0.29) is 17.8 Å². The number of amides is 1. The Morgan fingerprint density at radius 2 is 1.90 bits per heavy atom. The highest BCUT2D eigenvalue weighted by atomic mass is 35.5. The molecule has 0 spiro atoms. The number of likely N-dealkylation sites (tertiary alicyclic amines) is 2. The van der Waals surface area contributed by atoms with Crippen molar-refractivity contribution in [2.24, 2.45) is 11.1 Å². The van der Waals surface area contributed by atoms with Gasteiger partial charge in [-0.1, -0.05) is 6.92 Å². The Labute approximate surface area is 129 Å². The van der Waals surface area contributed by atoms with Crippen LogP contribution in [-0.2, 0) is 4.79 Å². The monoisotopic (exact) mass is 303 g/mol. The molecule has 0 saturated carbocycles. The van der Waals surface area contributed by atoms with Gasteiger partial charge in [-0.05, 0) is 58.0 Å². The number of nitrogens with zero attached hydrogens (tertiary/aromatic N) is 2. The molecule has 0 aromatic carbocycles. The van der Waals surface area contributed by atoms with Crippen LogP contribution in [0.4, 0.5) is 0 Å². The fourth-order valence-corrected chi connectivity index (χ4v) is 3.61. The van der Waals surface area contributed by atoms with Crippen molar-refractivity contribution < 1.29 is 4.79 Å². The molecule has 118 valence electrons. The molecular formula is C15H30ClN3O. The fraction of sp³-hybridized carbons (Fsp3) is 0.933. The van der Waals surface area contributed by atoms with E-state index in [2.05, 4.69) is 30.6 Å². The molecule has 2 aliphatic heterocycles. The molecular weight excluding hydrogens is 274 g/mol. The van der Waals surface area contributed by atoms with E-state index >= 15 is 0 Å². The second kappa shape index (κ2) is 7.10. The molecule has 0 bridgehead atoms. The van der Waals surface area contributed by atoms with Crippen molar-refractivity contribution in [3.63, 3.8) is 0 Å². The number of nitrogens with two attached hydrogens (primary N) is 1. The second-order valence-electron chi connectivity index (χ2n) is 6.91. The third kappa shape index (κ3) is 3.86. The van der Waals surface area contributed by atoms with E-state index in [0.29, 0.717) is 31.1 Å². The van der Waals surface area contributed by atoms with E-state index in [1.807, 2.05) is 0 Å². The molecule has 3 atom stereocenters. The lowest BCUT2D eigenvalue weighted by Gasteiger charge is -2.40. The number of hydrogen-bond acceptors (Lipinski definition) is 3. The normalized spacial score (nSPS) is 34.9. The standard InChI is InChI=1S/C15H29N3O.ClH/c1-12-5-4-6-13(2)18(12)14(19)9-17-8-7-15(3,10-16)11-17;/h12-13H,4-11,16H2,1-3H3;1H. The Morgan fingerprint density at radius 1 is 1.30 bits per heavy atom. The summed E-state index contributed by atoms with van der Waals surface area (Å²) in [7, 11) is 0. The Balaban J connectivity index is 0.00000200. The van der Waals surface area contributed by atoms with Gasteiger partial charge in [-0.3, -0.25) is 9.69 Å². The molecule has 4 nitrogen and oxygen atoms in total. The van der Waals surface area contributed by atoms with Crippen molar-refractivity contribution in [1.82, 2.24) is 9.80 Å². The molecule has 2 fully saturated rings. The highest BCUT2D eigenvalue weighted by Crippen LogP contribution is 2.29. The lowest BCUT2D eigenvalue weighted by molar-refractivity contribution is -0.138. The summed E-state index contributed by atoms with van der Waals surface area (Å²) in [6.45, 7) is 9.85. The average Bonchev–Trinajstić information content (AvgIpc) is 2.71. The molecule has 0 radical (unpaired) electrons. The number of carbonyl (C=O) groups excluding carboxylic acids is 1. The van der Waals surface area contributed by atoms with Gasteiger partial charge in [0.05, 0.1) is 6.54 Å². The van der Waals surface area contributed by atoms with Gasteiger partial charge in [-0.25, -0.2) is 0 Å². The molecule has 0 aromatic heterocycles. The van der Waals surface area contributed by atoms with E-state index in [1.54, 1.807) is 0 Å². The first-order valence-electron chi connectivity index (χ1n) is 7.69. The van der Waals surface area contributed by atoms with E-state index in [1.165, 1.54) is 6.42 Å². The number of hydrogen-bond donors (Lipinski definition) is 1. The molecule has 2 N–H and O–H groups in total. The van der Waals surface area contributed by atoms with Gasteiger partial charge in [0, 0.05) is 18.6 Å². The molecule has 0 aliphatic carbocycles. The number of rotatable bonds is 3. The third-order valence-electron chi connectivity index (χ3n) is 4.97. The van der Waals surface area contributed by atoms with E-state index < -0.39 is 0 Å². The van der Waals surface area contributed by atoms with E-state index in [4.69, 9.17) is 5.73 Å². The summed E-state index contributed by atoms with van der Waals surface area (Å²) in [5, 5.41) is 0. The summed E-state index contributed by atoms with van der Waals surface area (Å²) < 4.78 is 0. The highest BCUT2D eigenvalue weighted by molar-refractivity contribution is 5.85. The van der Waals surface area contributed by atoms with Gasteiger partial charge in [0.25, 0.3) is 0 Å². The smallest absolute Gasteiger partial charge is 0.237 e. The van der Waals surface area contributed by atoms with Gasteiger partial charge in [0.15, 0.2) is 0 Å². The van der Waals surface area contributed by atoms with Crippen molar-refractivity contribution in [3.8, 4) is 0 Å². The quantitative estimate of drug-likeness (QED) is 0.866. The van der Waals surface area contributed by atoms with Crippen LogP contribution in [-0.4, -0.2) is 54.0 Å². The Hall–Kier alpha value is -0.320. The van der Waals surface area contributed by atoms with Gasteiger partial charge in [0.1, 0.15) is 0 Å². The topological polar surface area (TPSA) is 49.6 Å². The molecule has 3 unspecified atom stereocenters. The van der Waals surface area contributed by atoms with Gasteiger partial charge < -0.3 is 10.6 Å².